The Hall–Kier alpha value is -2.20. The first kappa shape index (κ1) is 11.9. The molecule has 4 nitrogen and oxygen atoms in total. The van der Waals surface area contributed by atoms with E-state index in [1.165, 1.54) is 0 Å². The number of nitrogen functional groups attached to an aromatic ring is 1. The van der Waals surface area contributed by atoms with Gasteiger partial charge < -0.3 is 10.2 Å². The van der Waals surface area contributed by atoms with Crippen molar-refractivity contribution in [1.29, 1.82) is 0 Å². The van der Waals surface area contributed by atoms with Crippen LogP contribution in [0.4, 0.5) is 5.69 Å². The van der Waals surface area contributed by atoms with Crippen LogP contribution in [-0.4, -0.2) is 4.57 Å². The van der Waals surface area contributed by atoms with Crippen LogP contribution in [-0.2, 0) is 6.54 Å². The number of benzene rings is 2. The van der Waals surface area contributed by atoms with Crippen molar-refractivity contribution in [3.8, 4) is 0 Å². The molecule has 5 heteroatoms. The highest BCUT2D eigenvalue weighted by Crippen LogP contribution is 2.21. The molecule has 1 heterocycles. The van der Waals surface area contributed by atoms with E-state index in [1.807, 2.05) is 24.3 Å². The molecule has 0 aliphatic carbocycles. The van der Waals surface area contributed by atoms with Gasteiger partial charge in [-0.05, 0) is 29.8 Å². The predicted molar refractivity (Wildman–Crippen MR) is 75.4 cm³/mol. The molecule has 0 unspecified atom stereocenters. The standard InChI is InChI=1S/C14H11ClN2O2/c15-10-6-5-9(7-11(10)16)8-17-12-3-1-2-4-13(12)19-14(17)18/h1-7H,8,16H2. The number of hydrogen-bond donors (Lipinski definition) is 1. The van der Waals surface area contributed by atoms with Crippen molar-refractivity contribution < 1.29 is 4.42 Å². The zero-order chi connectivity index (χ0) is 13.4. The highest BCUT2D eigenvalue weighted by molar-refractivity contribution is 6.33. The van der Waals surface area contributed by atoms with Crippen molar-refractivity contribution in [3.63, 3.8) is 0 Å². The molecular formula is C14H11ClN2O2. The van der Waals surface area contributed by atoms with Crippen LogP contribution in [0.5, 0.6) is 0 Å². The fourth-order valence-electron chi connectivity index (χ4n) is 2.04. The summed E-state index contributed by atoms with van der Waals surface area (Å²) in [5.74, 6) is -0.380. The lowest BCUT2D eigenvalue weighted by molar-refractivity contribution is 0.518. The van der Waals surface area contributed by atoms with E-state index in [-0.39, 0.29) is 5.76 Å². The van der Waals surface area contributed by atoms with Crippen LogP contribution < -0.4 is 11.5 Å². The van der Waals surface area contributed by atoms with Crippen LogP contribution >= 0.6 is 11.6 Å². The van der Waals surface area contributed by atoms with Gasteiger partial charge in [-0.25, -0.2) is 4.79 Å². The Labute approximate surface area is 114 Å². The zero-order valence-corrected chi connectivity index (χ0v) is 10.7. The number of aromatic nitrogens is 1. The molecule has 3 aromatic rings. The van der Waals surface area contributed by atoms with Crippen LogP contribution in [0.1, 0.15) is 5.56 Å². The van der Waals surface area contributed by atoms with E-state index in [4.69, 9.17) is 21.8 Å². The molecule has 0 aliphatic heterocycles. The molecule has 0 saturated heterocycles. The summed E-state index contributed by atoms with van der Waals surface area (Å²) in [5.41, 5.74) is 8.50. The first-order valence-corrected chi connectivity index (χ1v) is 6.15. The molecule has 3 rings (SSSR count). The van der Waals surface area contributed by atoms with E-state index in [9.17, 15) is 4.79 Å². The summed E-state index contributed by atoms with van der Waals surface area (Å²) >= 11 is 5.88. The number of fused-ring (bicyclic) bond motifs is 1. The molecule has 0 atom stereocenters. The molecule has 0 radical (unpaired) electrons. The molecule has 2 N–H and O–H groups in total. The second kappa shape index (κ2) is 4.48. The van der Waals surface area contributed by atoms with Crippen molar-refractivity contribution in [2.24, 2.45) is 0 Å². The minimum atomic E-state index is -0.380. The molecule has 0 amide bonds. The third-order valence-electron chi connectivity index (χ3n) is 2.97. The number of anilines is 1. The largest absolute Gasteiger partial charge is 0.420 e. The number of nitrogens with zero attached hydrogens (tertiary/aromatic N) is 1. The normalized spacial score (nSPS) is 11.0. The Morgan fingerprint density at radius 1 is 1.21 bits per heavy atom. The molecule has 2 aromatic carbocycles. The maximum Gasteiger partial charge on any atom is 0.420 e. The van der Waals surface area contributed by atoms with E-state index in [0.717, 1.165) is 11.1 Å². The van der Waals surface area contributed by atoms with Crippen LogP contribution in [0.2, 0.25) is 5.02 Å². The molecular weight excluding hydrogens is 264 g/mol. The molecule has 0 aliphatic rings. The summed E-state index contributed by atoms with van der Waals surface area (Å²) in [6, 6.07) is 12.6. The minimum absolute atomic E-state index is 0.380. The number of halogens is 1. The van der Waals surface area contributed by atoms with Crippen molar-refractivity contribution in [2.45, 2.75) is 6.54 Å². The van der Waals surface area contributed by atoms with Gasteiger partial charge in [-0.3, -0.25) is 4.57 Å². The van der Waals surface area contributed by atoms with E-state index in [0.29, 0.717) is 22.8 Å². The Bertz CT molecular complexity index is 805. The lowest BCUT2D eigenvalue weighted by Crippen LogP contribution is -2.14. The quantitative estimate of drug-likeness (QED) is 0.731. The van der Waals surface area contributed by atoms with E-state index in [2.05, 4.69) is 0 Å². The van der Waals surface area contributed by atoms with Gasteiger partial charge in [-0.15, -0.1) is 0 Å². The molecule has 96 valence electrons. The first-order valence-electron chi connectivity index (χ1n) is 5.77. The van der Waals surface area contributed by atoms with E-state index in [1.54, 1.807) is 22.8 Å². The monoisotopic (exact) mass is 274 g/mol. The summed E-state index contributed by atoms with van der Waals surface area (Å²) in [5, 5.41) is 0.508. The predicted octanol–water partition coefficient (Wildman–Crippen LogP) is 2.88. The average Bonchev–Trinajstić information content (AvgIpc) is 2.71. The highest BCUT2D eigenvalue weighted by Gasteiger charge is 2.09. The summed E-state index contributed by atoms with van der Waals surface area (Å²) in [6.07, 6.45) is 0. The van der Waals surface area contributed by atoms with Gasteiger partial charge in [-0.2, -0.15) is 0 Å². The summed E-state index contributed by atoms with van der Waals surface area (Å²) in [7, 11) is 0. The second-order valence-electron chi connectivity index (χ2n) is 4.28. The summed E-state index contributed by atoms with van der Waals surface area (Å²) in [4.78, 5) is 11.8. The number of rotatable bonds is 2. The minimum Gasteiger partial charge on any atom is -0.408 e. The summed E-state index contributed by atoms with van der Waals surface area (Å²) in [6.45, 7) is 0.400. The fraction of sp³-hybridized carbons (Fsp3) is 0.0714. The van der Waals surface area contributed by atoms with Crippen LogP contribution in [0.15, 0.2) is 51.7 Å². The van der Waals surface area contributed by atoms with Crippen molar-refractivity contribution in [3.05, 3.63) is 63.6 Å². The molecule has 1 aromatic heterocycles. The SMILES string of the molecule is Nc1cc(Cn2c(=O)oc3ccccc32)ccc1Cl. The van der Waals surface area contributed by atoms with Crippen molar-refractivity contribution in [2.75, 3.05) is 5.73 Å². The number of oxazole rings is 1. The maximum absolute atomic E-state index is 11.8. The van der Waals surface area contributed by atoms with Gasteiger partial charge in [0.15, 0.2) is 5.58 Å². The average molecular weight is 275 g/mol. The first-order chi connectivity index (χ1) is 9.15. The Morgan fingerprint density at radius 2 is 2.00 bits per heavy atom. The third-order valence-corrected chi connectivity index (χ3v) is 3.32. The van der Waals surface area contributed by atoms with Gasteiger partial charge >= 0.3 is 5.76 Å². The topological polar surface area (TPSA) is 61.2 Å². The van der Waals surface area contributed by atoms with Crippen molar-refractivity contribution >= 4 is 28.4 Å². The van der Waals surface area contributed by atoms with Crippen LogP contribution in [0.3, 0.4) is 0 Å². The third kappa shape index (κ3) is 2.11. The number of nitrogens with two attached hydrogens (primary N) is 1. The zero-order valence-electron chi connectivity index (χ0n) is 9.97. The second-order valence-corrected chi connectivity index (χ2v) is 4.68. The Kier molecular flexibility index (Phi) is 2.80. The lowest BCUT2D eigenvalue weighted by Gasteiger charge is -2.05. The van der Waals surface area contributed by atoms with Gasteiger partial charge in [-0.1, -0.05) is 29.8 Å². The van der Waals surface area contributed by atoms with Gasteiger partial charge in [0.2, 0.25) is 0 Å². The molecule has 0 bridgehead atoms. The summed E-state index contributed by atoms with van der Waals surface area (Å²) < 4.78 is 6.74. The number of hydrogen-bond acceptors (Lipinski definition) is 3. The van der Waals surface area contributed by atoms with Gasteiger partial charge in [0.05, 0.1) is 22.8 Å². The maximum atomic E-state index is 11.8. The van der Waals surface area contributed by atoms with Crippen molar-refractivity contribution in [1.82, 2.24) is 4.57 Å². The van der Waals surface area contributed by atoms with Gasteiger partial charge in [0, 0.05) is 0 Å². The Morgan fingerprint density at radius 3 is 2.79 bits per heavy atom. The van der Waals surface area contributed by atoms with Crippen LogP contribution in [0, 0.1) is 0 Å². The molecule has 0 fully saturated rings. The van der Waals surface area contributed by atoms with Gasteiger partial charge in [0.25, 0.3) is 0 Å². The number of para-hydroxylation sites is 2. The molecule has 0 spiro atoms. The van der Waals surface area contributed by atoms with E-state index < -0.39 is 0 Å². The van der Waals surface area contributed by atoms with E-state index >= 15 is 0 Å². The lowest BCUT2D eigenvalue weighted by atomic mass is 10.2. The highest BCUT2D eigenvalue weighted by atomic mass is 35.5. The molecule has 0 saturated carbocycles. The van der Waals surface area contributed by atoms with Crippen LogP contribution in [0.25, 0.3) is 11.1 Å². The molecule has 19 heavy (non-hydrogen) atoms. The van der Waals surface area contributed by atoms with Gasteiger partial charge in [0.1, 0.15) is 0 Å². The smallest absolute Gasteiger partial charge is 0.408 e. The Balaban J connectivity index is 2.08. The fourth-order valence-corrected chi connectivity index (χ4v) is 2.16.